The van der Waals surface area contributed by atoms with Crippen LogP contribution in [0.25, 0.3) is 0 Å². The largest absolute Gasteiger partial charge is 0.496 e. The molecule has 1 unspecified atom stereocenters. The Balaban J connectivity index is 2.27. The molecule has 2 rings (SSSR count). The van der Waals surface area contributed by atoms with Gasteiger partial charge in [0, 0.05) is 0 Å². The van der Waals surface area contributed by atoms with Gasteiger partial charge in [0.1, 0.15) is 5.75 Å². The third-order valence-corrected chi connectivity index (χ3v) is 3.47. The van der Waals surface area contributed by atoms with Crippen molar-refractivity contribution in [2.24, 2.45) is 0 Å². The standard InChI is InChI=1S/C17H17NO5/c1-3-14(12-7-5-4-6-8-12)17(19)23-16-10-9-13(22-2)11-15(16)18(20)21/h4-11,14H,3H2,1-2H3. The first-order chi connectivity index (χ1) is 11.1. The molecule has 0 spiro atoms. The normalized spacial score (nSPS) is 11.6. The number of benzene rings is 2. The first-order valence-electron chi connectivity index (χ1n) is 7.15. The highest BCUT2D eigenvalue weighted by atomic mass is 16.6. The number of hydrogen-bond acceptors (Lipinski definition) is 5. The van der Waals surface area contributed by atoms with Gasteiger partial charge in [-0.25, -0.2) is 0 Å². The number of ether oxygens (including phenoxy) is 2. The third kappa shape index (κ3) is 3.85. The summed E-state index contributed by atoms with van der Waals surface area (Å²) in [6, 6.07) is 13.3. The van der Waals surface area contributed by atoms with E-state index in [9.17, 15) is 14.9 Å². The van der Waals surface area contributed by atoms with Gasteiger partial charge in [-0.3, -0.25) is 14.9 Å². The zero-order valence-electron chi connectivity index (χ0n) is 12.9. The summed E-state index contributed by atoms with van der Waals surface area (Å²) in [6.45, 7) is 1.86. The molecule has 23 heavy (non-hydrogen) atoms. The molecule has 0 N–H and O–H groups in total. The fourth-order valence-corrected chi connectivity index (χ4v) is 2.26. The zero-order valence-corrected chi connectivity index (χ0v) is 12.9. The number of esters is 1. The maximum atomic E-state index is 12.4. The van der Waals surface area contributed by atoms with Crippen LogP contribution in [0.5, 0.6) is 11.5 Å². The van der Waals surface area contributed by atoms with E-state index >= 15 is 0 Å². The van der Waals surface area contributed by atoms with Crippen molar-refractivity contribution < 1.29 is 19.2 Å². The Hall–Kier alpha value is -2.89. The molecule has 120 valence electrons. The summed E-state index contributed by atoms with van der Waals surface area (Å²) in [4.78, 5) is 22.9. The van der Waals surface area contributed by atoms with Gasteiger partial charge in [0.2, 0.25) is 5.75 Å². The van der Waals surface area contributed by atoms with Gasteiger partial charge in [0.05, 0.1) is 24.0 Å². The quantitative estimate of drug-likeness (QED) is 0.351. The summed E-state index contributed by atoms with van der Waals surface area (Å²) in [5.74, 6) is -0.758. The molecule has 0 amide bonds. The molecule has 0 aliphatic carbocycles. The second-order valence-corrected chi connectivity index (χ2v) is 4.88. The van der Waals surface area contributed by atoms with E-state index in [2.05, 4.69) is 0 Å². The first kappa shape index (κ1) is 16.5. The van der Waals surface area contributed by atoms with Crippen LogP contribution in [0.15, 0.2) is 48.5 Å². The lowest BCUT2D eigenvalue weighted by molar-refractivity contribution is -0.385. The lowest BCUT2D eigenvalue weighted by Gasteiger charge is -2.14. The van der Waals surface area contributed by atoms with E-state index in [0.29, 0.717) is 12.2 Å². The monoisotopic (exact) mass is 315 g/mol. The van der Waals surface area contributed by atoms with E-state index in [4.69, 9.17) is 9.47 Å². The van der Waals surface area contributed by atoms with Crippen LogP contribution in [-0.2, 0) is 4.79 Å². The molecule has 0 aliphatic heterocycles. The van der Waals surface area contributed by atoms with Crippen molar-refractivity contribution in [1.29, 1.82) is 0 Å². The van der Waals surface area contributed by atoms with Gasteiger partial charge in [-0.15, -0.1) is 0 Å². The Morgan fingerprint density at radius 1 is 1.22 bits per heavy atom. The van der Waals surface area contributed by atoms with Gasteiger partial charge in [0.15, 0.2) is 0 Å². The second kappa shape index (κ2) is 7.40. The number of methoxy groups -OCH3 is 1. The van der Waals surface area contributed by atoms with Crippen LogP contribution in [0, 0.1) is 10.1 Å². The number of nitro groups is 1. The minimum absolute atomic E-state index is 0.0878. The van der Waals surface area contributed by atoms with Crippen molar-refractivity contribution in [1.82, 2.24) is 0 Å². The maximum absolute atomic E-state index is 12.4. The predicted octanol–water partition coefficient (Wildman–Crippen LogP) is 3.70. The number of nitrogens with zero attached hydrogens (tertiary/aromatic N) is 1. The topological polar surface area (TPSA) is 78.7 Å². The summed E-state index contributed by atoms with van der Waals surface area (Å²) in [6.07, 6.45) is 0.535. The zero-order chi connectivity index (χ0) is 16.8. The molecule has 6 nitrogen and oxygen atoms in total. The van der Waals surface area contributed by atoms with Crippen molar-refractivity contribution in [3.05, 3.63) is 64.2 Å². The molecule has 2 aromatic rings. The minimum Gasteiger partial charge on any atom is -0.496 e. The number of hydrogen-bond donors (Lipinski definition) is 0. The van der Waals surface area contributed by atoms with Crippen molar-refractivity contribution in [3.8, 4) is 11.5 Å². The SMILES string of the molecule is CCC(C(=O)Oc1ccc(OC)cc1[N+](=O)[O-])c1ccccc1. The minimum atomic E-state index is -0.603. The Labute approximate surface area is 133 Å². The lowest BCUT2D eigenvalue weighted by atomic mass is 9.97. The Kier molecular flexibility index (Phi) is 5.30. The summed E-state index contributed by atoms with van der Waals surface area (Å²) in [5.41, 5.74) is 0.511. The average molecular weight is 315 g/mol. The van der Waals surface area contributed by atoms with Crippen molar-refractivity contribution in [2.75, 3.05) is 7.11 Å². The summed E-state index contributed by atoms with van der Waals surface area (Å²) in [5, 5.41) is 11.1. The molecule has 0 radical (unpaired) electrons. The predicted molar refractivity (Wildman–Crippen MR) is 84.8 cm³/mol. The second-order valence-electron chi connectivity index (χ2n) is 4.88. The third-order valence-electron chi connectivity index (χ3n) is 3.47. The van der Waals surface area contributed by atoms with Crippen LogP contribution >= 0.6 is 0 Å². The highest BCUT2D eigenvalue weighted by molar-refractivity contribution is 5.81. The molecule has 1 atom stereocenters. The average Bonchev–Trinajstić information content (AvgIpc) is 2.56. The van der Waals surface area contributed by atoms with Gasteiger partial charge in [-0.1, -0.05) is 37.3 Å². The highest BCUT2D eigenvalue weighted by Crippen LogP contribution is 2.32. The van der Waals surface area contributed by atoms with E-state index in [-0.39, 0.29) is 11.4 Å². The molecule has 0 saturated heterocycles. The fraction of sp³-hybridized carbons (Fsp3) is 0.235. The van der Waals surface area contributed by atoms with Crippen LogP contribution in [0.3, 0.4) is 0 Å². The maximum Gasteiger partial charge on any atom is 0.319 e. The molecule has 0 saturated carbocycles. The lowest BCUT2D eigenvalue weighted by Crippen LogP contribution is -2.18. The van der Waals surface area contributed by atoms with Crippen LogP contribution < -0.4 is 9.47 Å². The first-order valence-corrected chi connectivity index (χ1v) is 7.15. The van der Waals surface area contributed by atoms with E-state index < -0.39 is 16.8 Å². The van der Waals surface area contributed by atoms with Crippen LogP contribution in [0.1, 0.15) is 24.8 Å². The van der Waals surface area contributed by atoms with E-state index in [0.717, 1.165) is 5.56 Å². The number of carbonyl (C=O) groups is 1. The molecule has 0 aliphatic rings. The smallest absolute Gasteiger partial charge is 0.319 e. The molecule has 0 bridgehead atoms. The van der Waals surface area contributed by atoms with Gasteiger partial charge in [-0.05, 0) is 24.1 Å². The van der Waals surface area contributed by atoms with Crippen LogP contribution in [0.4, 0.5) is 5.69 Å². The highest BCUT2D eigenvalue weighted by Gasteiger charge is 2.25. The summed E-state index contributed by atoms with van der Waals surface area (Å²) in [7, 11) is 1.41. The van der Waals surface area contributed by atoms with Crippen molar-refractivity contribution in [3.63, 3.8) is 0 Å². The number of carbonyl (C=O) groups excluding carboxylic acids is 1. The molecule has 0 aromatic heterocycles. The van der Waals surface area contributed by atoms with Crippen molar-refractivity contribution in [2.45, 2.75) is 19.3 Å². The molecule has 2 aromatic carbocycles. The van der Waals surface area contributed by atoms with E-state index in [1.54, 1.807) is 0 Å². The van der Waals surface area contributed by atoms with Crippen LogP contribution in [-0.4, -0.2) is 18.0 Å². The van der Waals surface area contributed by atoms with E-state index in [1.165, 1.54) is 25.3 Å². The Bertz CT molecular complexity index is 699. The summed E-state index contributed by atoms with van der Waals surface area (Å²) >= 11 is 0. The Morgan fingerprint density at radius 2 is 1.91 bits per heavy atom. The fourth-order valence-electron chi connectivity index (χ4n) is 2.26. The molecule has 0 fully saturated rings. The van der Waals surface area contributed by atoms with Gasteiger partial charge in [-0.2, -0.15) is 0 Å². The number of nitro benzene ring substituents is 1. The van der Waals surface area contributed by atoms with Crippen molar-refractivity contribution >= 4 is 11.7 Å². The van der Waals surface area contributed by atoms with Gasteiger partial charge >= 0.3 is 11.7 Å². The summed E-state index contributed by atoms with van der Waals surface area (Å²) < 4.78 is 10.2. The van der Waals surface area contributed by atoms with Gasteiger partial charge < -0.3 is 9.47 Å². The molecular weight excluding hydrogens is 298 g/mol. The van der Waals surface area contributed by atoms with Crippen LogP contribution in [0.2, 0.25) is 0 Å². The molecule has 6 heteroatoms. The molecule has 0 heterocycles. The van der Waals surface area contributed by atoms with E-state index in [1.807, 2.05) is 37.3 Å². The Morgan fingerprint density at radius 3 is 2.48 bits per heavy atom. The van der Waals surface area contributed by atoms with Gasteiger partial charge in [0.25, 0.3) is 0 Å². The molecular formula is C17H17NO5. The number of rotatable bonds is 6.